The molecule has 1 N–H and O–H groups in total. The Morgan fingerprint density at radius 2 is 1.74 bits per heavy atom. The predicted octanol–water partition coefficient (Wildman–Crippen LogP) is 3.20. The first-order chi connectivity index (χ1) is 8.60. The number of nitrogens with zero attached hydrogens (tertiary/aromatic N) is 1. The Bertz CT molecular complexity index is 321. The first-order valence-electron chi connectivity index (χ1n) is 7.07. The lowest BCUT2D eigenvalue weighted by molar-refractivity contribution is -0.209. The van der Waals surface area contributed by atoms with Crippen molar-refractivity contribution in [3.8, 4) is 0 Å². The number of hydrogen-bond donors (Lipinski definition) is 1. The summed E-state index contributed by atoms with van der Waals surface area (Å²) in [6, 6.07) is -0.333. The zero-order chi connectivity index (χ0) is 14.4. The van der Waals surface area contributed by atoms with Crippen molar-refractivity contribution < 1.29 is 18.3 Å². The molecule has 0 amide bonds. The minimum absolute atomic E-state index is 0.0514. The Morgan fingerprint density at radius 1 is 1.16 bits per heavy atom. The van der Waals surface area contributed by atoms with Gasteiger partial charge in [0.25, 0.3) is 0 Å². The summed E-state index contributed by atoms with van der Waals surface area (Å²) in [6.45, 7) is 4.29. The SMILES string of the molecule is CN(C1CC(C)(C)C1)C1CC(O)CCC1C(F)(F)F. The third kappa shape index (κ3) is 3.24. The van der Waals surface area contributed by atoms with Crippen molar-refractivity contribution in [2.24, 2.45) is 11.3 Å². The molecule has 19 heavy (non-hydrogen) atoms. The summed E-state index contributed by atoms with van der Waals surface area (Å²) in [6.07, 6.45) is -2.28. The minimum atomic E-state index is -4.15. The predicted molar refractivity (Wildman–Crippen MR) is 67.8 cm³/mol. The number of aliphatic hydroxyl groups excluding tert-OH is 1. The van der Waals surface area contributed by atoms with Crippen LogP contribution < -0.4 is 0 Å². The van der Waals surface area contributed by atoms with Gasteiger partial charge in [-0.1, -0.05) is 13.8 Å². The van der Waals surface area contributed by atoms with Gasteiger partial charge >= 0.3 is 6.18 Å². The van der Waals surface area contributed by atoms with Crippen molar-refractivity contribution in [3.05, 3.63) is 0 Å². The number of hydrogen-bond acceptors (Lipinski definition) is 2. The van der Waals surface area contributed by atoms with Crippen LogP contribution in [0.5, 0.6) is 0 Å². The van der Waals surface area contributed by atoms with Crippen molar-refractivity contribution in [2.75, 3.05) is 7.05 Å². The fourth-order valence-electron chi connectivity index (χ4n) is 3.73. The molecule has 0 aliphatic heterocycles. The first kappa shape index (κ1) is 15.1. The Labute approximate surface area is 113 Å². The van der Waals surface area contributed by atoms with Gasteiger partial charge in [-0.2, -0.15) is 13.2 Å². The summed E-state index contributed by atoms with van der Waals surface area (Å²) in [5.41, 5.74) is 0.250. The molecular weight excluding hydrogens is 255 g/mol. The van der Waals surface area contributed by atoms with Crippen LogP contribution in [0.1, 0.15) is 46.0 Å². The first-order valence-corrected chi connectivity index (χ1v) is 7.07. The van der Waals surface area contributed by atoms with E-state index in [9.17, 15) is 18.3 Å². The molecule has 5 heteroatoms. The molecule has 0 aromatic carbocycles. The molecule has 0 heterocycles. The molecule has 2 fully saturated rings. The van der Waals surface area contributed by atoms with E-state index in [0.29, 0.717) is 0 Å². The molecule has 0 radical (unpaired) electrons. The molecule has 2 rings (SSSR count). The van der Waals surface area contributed by atoms with Gasteiger partial charge in [-0.05, 0) is 44.6 Å². The molecule has 2 nitrogen and oxygen atoms in total. The maximum absolute atomic E-state index is 13.1. The quantitative estimate of drug-likeness (QED) is 0.839. The normalized spacial score (nSPS) is 36.3. The van der Waals surface area contributed by atoms with Crippen molar-refractivity contribution in [1.29, 1.82) is 0 Å². The molecule has 3 atom stereocenters. The van der Waals surface area contributed by atoms with Crippen LogP contribution in [0, 0.1) is 11.3 Å². The number of rotatable bonds is 2. The largest absolute Gasteiger partial charge is 0.393 e. The summed E-state index contributed by atoms with van der Waals surface area (Å²) in [5, 5.41) is 9.69. The van der Waals surface area contributed by atoms with Gasteiger partial charge in [-0.3, -0.25) is 4.90 Å². The summed E-state index contributed by atoms with van der Waals surface area (Å²) < 4.78 is 39.3. The average molecular weight is 279 g/mol. The Balaban J connectivity index is 2.05. The maximum atomic E-state index is 13.1. The van der Waals surface area contributed by atoms with Crippen LogP contribution in [-0.2, 0) is 0 Å². The number of alkyl halides is 3. The minimum Gasteiger partial charge on any atom is -0.393 e. The topological polar surface area (TPSA) is 23.5 Å². The van der Waals surface area contributed by atoms with Crippen LogP contribution in [-0.4, -0.2) is 41.4 Å². The lowest BCUT2D eigenvalue weighted by Crippen LogP contribution is -2.56. The lowest BCUT2D eigenvalue weighted by atomic mass is 9.67. The van der Waals surface area contributed by atoms with Gasteiger partial charge in [0.05, 0.1) is 12.0 Å². The highest BCUT2D eigenvalue weighted by Crippen LogP contribution is 2.46. The number of aliphatic hydroxyl groups is 1. The molecule has 2 aliphatic rings. The van der Waals surface area contributed by atoms with E-state index >= 15 is 0 Å². The average Bonchev–Trinajstić information content (AvgIpc) is 2.22. The molecule has 3 unspecified atom stereocenters. The second kappa shape index (κ2) is 4.92. The highest BCUT2D eigenvalue weighted by atomic mass is 19.4. The van der Waals surface area contributed by atoms with Gasteiger partial charge in [0, 0.05) is 12.1 Å². The van der Waals surface area contributed by atoms with E-state index in [1.165, 1.54) is 0 Å². The molecular formula is C14H24F3NO. The van der Waals surface area contributed by atoms with Crippen LogP contribution in [0.4, 0.5) is 13.2 Å². The van der Waals surface area contributed by atoms with E-state index in [1.807, 2.05) is 4.90 Å². The van der Waals surface area contributed by atoms with Gasteiger partial charge < -0.3 is 5.11 Å². The molecule has 0 spiro atoms. The Morgan fingerprint density at radius 3 is 2.21 bits per heavy atom. The molecule has 0 aromatic rings. The van der Waals surface area contributed by atoms with E-state index in [-0.39, 0.29) is 30.7 Å². The van der Waals surface area contributed by atoms with Crippen LogP contribution in [0.2, 0.25) is 0 Å². The van der Waals surface area contributed by atoms with Gasteiger partial charge in [-0.25, -0.2) is 0 Å². The van der Waals surface area contributed by atoms with Gasteiger partial charge in [0.2, 0.25) is 0 Å². The van der Waals surface area contributed by atoms with Crippen molar-refractivity contribution in [1.82, 2.24) is 4.90 Å². The summed E-state index contributed by atoms with van der Waals surface area (Å²) >= 11 is 0. The van der Waals surface area contributed by atoms with E-state index in [1.54, 1.807) is 7.05 Å². The fourth-order valence-corrected chi connectivity index (χ4v) is 3.73. The second-order valence-corrected chi connectivity index (χ2v) is 7.07. The van der Waals surface area contributed by atoms with Crippen molar-refractivity contribution >= 4 is 0 Å². The van der Waals surface area contributed by atoms with E-state index in [2.05, 4.69) is 13.8 Å². The smallest absolute Gasteiger partial charge is 0.393 e. The van der Waals surface area contributed by atoms with E-state index in [0.717, 1.165) is 12.8 Å². The molecule has 0 saturated heterocycles. The van der Waals surface area contributed by atoms with Crippen LogP contribution in [0.3, 0.4) is 0 Å². The van der Waals surface area contributed by atoms with Gasteiger partial charge in [0.15, 0.2) is 0 Å². The van der Waals surface area contributed by atoms with Crippen molar-refractivity contribution in [3.63, 3.8) is 0 Å². The van der Waals surface area contributed by atoms with Crippen molar-refractivity contribution in [2.45, 2.75) is 70.3 Å². The Hall–Kier alpha value is -0.290. The van der Waals surface area contributed by atoms with E-state index < -0.39 is 24.2 Å². The maximum Gasteiger partial charge on any atom is 0.393 e. The zero-order valence-electron chi connectivity index (χ0n) is 11.9. The van der Waals surface area contributed by atoms with Gasteiger partial charge in [0.1, 0.15) is 0 Å². The van der Waals surface area contributed by atoms with Gasteiger partial charge in [-0.15, -0.1) is 0 Å². The number of halogens is 3. The third-order valence-electron chi connectivity index (χ3n) is 4.88. The summed E-state index contributed by atoms with van der Waals surface area (Å²) in [5.74, 6) is -1.29. The lowest BCUT2D eigenvalue weighted by Gasteiger charge is -2.52. The van der Waals surface area contributed by atoms with Crippen LogP contribution in [0.25, 0.3) is 0 Å². The molecule has 2 saturated carbocycles. The fraction of sp³-hybridized carbons (Fsp3) is 1.00. The van der Waals surface area contributed by atoms with E-state index in [4.69, 9.17) is 0 Å². The Kier molecular flexibility index (Phi) is 3.91. The molecule has 0 aromatic heterocycles. The van der Waals surface area contributed by atoms with Crippen LogP contribution >= 0.6 is 0 Å². The highest BCUT2D eigenvalue weighted by Gasteiger charge is 2.51. The third-order valence-corrected chi connectivity index (χ3v) is 4.88. The van der Waals surface area contributed by atoms with Crippen LogP contribution in [0.15, 0.2) is 0 Å². The summed E-state index contributed by atoms with van der Waals surface area (Å²) in [4.78, 5) is 1.88. The highest BCUT2D eigenvalue weighted by molar-refractivity contribution is 4.98. The standard InChI is InChI=1S/C14H24F3NO/c1-13(2)7-9(8-13)18(3)12-6-10(19)4-5-11(12)14(15,16)17/h9-12,19H,4-8H2,1-3H3. The summed E-state index contributed by atoms with van der Waals surface area (Å²) in [7, 11) is 1.79. The second-order valence-electron chi connectivity index (χ2n) is 7.07. The zero-order valence-corrected chi connectivity index (χ0v) is 11.9. The molecule has 2 aliphatic carbocycles. The monoisotopic (exact) mass is 279 g/mol. The molecule has 0 bridgehead atoms. The molecule has 112 valence electrons.